The molecule has 0 radical (unpaired) electrons. The van der Waals surface area contributed by atoms with Gasteiger partial charge in [0.05, 0.1) is 12.1 Å². The van der Waals surface area contributed by atoms with Crippen LogP contribution in [0.4, 0.5) is 4.79 Å². The van der Waals surface area contributed by atoms with E-state index in [1.54, 1.807) is 0 Å². The maximum absolute atomic E-state index is 11.8. The Balaban J connectivity index is 2.10. The van der Waals surface area contributed by atoms with Gasteiger partial charge in [0.2, 0.25) is 0 Å². The van der Waals surface area contributed by atoms with Crippen LogP contribution < -0.4 is 5.56 Å². The molecule has 0 aromatic carbocycles. The van der Waals surface area contributed by atoms with Crippen LogP contribution in [0.1, 0.15) is 32.1 Å². The van der Waals surface area contributed by atoms with Gasteiger partial charge in [0.25, 0.3) is 5.56 Å². The second kappa shape index (κ2) is 3.94. The Morgan fingerprint density at radius 1 is 1.47 bits per heavy atom. The molecule has 6 nitrogen and oxygen atoms in total. The van der Waals surface area contributed by atoms with E-state index < -0.39 is 11.7 Å². The topological polar surface area (TPSA) is 75.5 Å². The van der Waals surface area contributed by atoms with Gasteiger partial charge in [0.1, 0.15) is 11.4 Å². The van der Waals surface area contributed by atoms with Gasteiger partial charge in [-0.1, -0.05) is 0 Å². The lowest BCUT2D eigenvalue weighted by molar-refractivity contribution is 0.0218. The number of hydrogen-bond donors (Lipinski definition) is 1. The van der Waals surface area contributed by atoms with E-state index >= 15 is 0 Å². The highest BCUT2D eigenvalue weighted by molar-refractivity contribution is 5.68. The van der Waals surface area contributed by atoms with Gasteiger partial charge in [-0.25, -0.2) is 4.79 Å². The van der Waals surface area contributed by atoms with E-state index in [1.807, 2.05) is 20.8 Å². The molecule has 1 N–H and O–H groups in total. The molecule has 0 unspecified atom stereocenters. The molecule has 94 valence electrons. The van der Waals surface area contributed by atoms with Crippen LogP contribution >= 0.6 is 0 Å². The number of aromatic nitrogens is 1. The number of H-pyrrole nitrogens is 1. The standard InChI is InChI=1S/C11H16N2O4/c1-11(2,3)16-10(15)13-5-4-8-7(6-13)9(14)12-17-8/h4-6H2,1-3H3,(H,12,14). The second-order valence-electron chi connectivity index (χ2n) is 5.09. The minimum absolute atomic E-state index is 0.246. The van der Waals surface area contributed by atoms with E-state index in [4.69, 9.17) is 9.26 Å². The van der Waals surface area contributed by atoms with Crippen LogP contribution in [0.5, 0.6) is 0 Å². The fourth-order valence-electron chi connectivity index (χ4n) is 1.71. The van der Waals surface area contributed by atoms with Gasteiger partial charge < -0.3 is 14.2 Å². The molecule has 1 aromatic rings. The quantitative estimate of drug-likeness (QED) is 0.740. The van der Waals surface area contributed by atoms with Crippen molar-refractivity contribution in [3.05, 3.63) is 21.7 Å². The molecule has 0 spiro atoms. The fourth-order valence-corrected chi connectivity index (χ4v) is 1.71. The molecule has 0 saturated heterocycles. The molecule has 6 heteroatoms. The molecule has 17 heavy (non-hydrogen) atoms. The zero-order valence-electron chi connectivity index (χ0n) is 10.2. The number of carbonyl (C=O) groups excluding carboxylic acids is 1. The molecule has 0 atom stereocenters. The smallest absolute Gasteiger partial charge is 0.410 e. The molecule has 1 aliphatic heterocycles. The Kier molecular flexibility index (Phi) is 2.73. The second-order valence-corrected chi connectivity index (χ2v) is 5.09. The van der Waals surface area contributed by atoms with Crippen molar-refractivity contribution < 1.29 is 14.1 Å². The van der Waals surface area contributed by atoms with Crippen molar-refractivity contribution in [2.24, 2.45) is 0 Å². The van der Waals surface area contributed by atoms with E-state index in [-0.39, 0.29) is 12.1 Å². The van der Waals surface area contributed by atoms with Crippen LogP contribution in [0.25, 0.3) is 0 Å². The van der Waals surface area contributed by atoms with Crippen molar-refractivity contribution in [1.29, 1.82) is 0 Å². The van der Waals surface area contributed by atoms with E-state index in [1.165, 1.54) is 4.90 Å². The first kappa shape index (κ1) is 11.8. The molecular weight excluding hydrogens is 224 g/mol. The highest BCUT2D eigenvalue weighted by atomic mass is 16.6. The summed E-state index contributed by atoms with van der Waals surface area (Å²) in [6.45, 7) is 6.18. The third-order valence-electron chi connectivity index (χ3n) is 2.49. The molecule has 1 amide bonds. The average Bonchev–Trinajstić information content (AvgIpc) is 2.57. The summed E-state index contributed by atoms with van der Waals surface area (Å²) >= 11 is 0. The van der Waals surface area contributed by atoms with E-state index in [0.29, 0.717) is 24.3 Å². The van der Waals surface area contributed by atoms with Crippen molar-refractivity contribution >= 4 is 6.09 Å². The maximum Gasteiger partial charge on any atom is 0.410 e. The molecule has 0 aliphatic carbocycles. The predicted molar refractivity (Wildman–Crippen MR) is 59.7 cm³/mol. The number of nitrogens with one attached hydrogen (secondary N) is 1. The van der Waals surface area contributed by atoms with Crippen LogP contribution in [-0.2, 0) is 17.7 Å². The van der Waals surface area contributed by atoms with Crippen LogP contribution in [0.15, 0.2) is 9.32 Å². The summed E-state index contributed by atoms with van der Waals surface area (Å²) in [5, 5.41) is 2.28. The van der Waals surface area contributed by atoms with Gasteiger partial charge in [-0.2, -0.15) is 5.16 Å². The van der Waals surface area contributed by atoms with Crippen molar-refractivity contribution in [3.8, 4) is 0 Å². The molecule has 0 saturated carbocycles. The number of aromatic amines is 1. The number of amides is 1. The Labute approximate surface area is 98.5 Å². The number of nitrogens with zero attached hydrogens (tertiary/aromatic N) is 1. The average molecular weight is 240 g/mol. The molecule has 1 aliphatic rings. The minimum atomic E-state index is -0.528. The molecule has 2 heterocycles. The highest BCUT2D eigenvalue weighted by Gasteiger charge is 2.28. The summed E-state index contributed by atoms with van der Waals surface area (Å²) in [7, 11) is 0. The lowest BCUT2D eigenvalue weighted by Crippen LogP contribution is -2.40. The summed E-state index contributed by atoms with van der Waals surface area (Å²) in [6.07, 6.45) is 0.136. The number of fused-ring (bicyclic) bond motifs is 1. The lowest BCUT2D eigenvalue weighted by atomic mass is 10.1. The van der Waals surface area contributed by atoms with Gasteiger partial charge in [-0.15, -0.1) is 0 Å². The largest absolute Gasteiger partial charge is 0.444 e. The molecule has 0 bridgehead atoms. The van der Waals surface area contributed by atoms with Crippen LogP contribution in [-0.4, -0.2) is 28.3 Å². The summed E-state index contributed by atoms with van der Waals surface area (Å²) < 4.78 is 10.3. The fraction of sp³-hybridized carbons (Fsp3) is 0.636. The summed E-state index contributed by atoms with van der Waals surface area (Å²) in [5.41, 5.74) is -0.282. The lowest BCUT2D eigenvalue weighted by Gasteiger charge is -2.28. The number of carbonyl (C=O) groups is 1. The maximum atomic E-state index is 11.8. The first-order valence-electron chi connectivity index (χ1n) is 5.54. The normalized spacial score (nSPS) is 15.6. The summed E-state index contributed by atoms with van der Waals surface area (Å²) in [4.78, 5) is 24.7. The molecule has 0 fully saturated rings. The monoisotopic (exact) mass is 240 g/mol. The first-order valence-corrected chi connectivity index (χ1v) is 5.54. The van der Waals surface area contributed by atoms with Crippen molar-refractivity contribution in [3.63, 3.8) is 0 Å². The molecule has 2 rings (SSSR count). The first-order chi connectivity index (χ1) is 7.87. The Morgan fingerprint density at radius 2 is 2.18 bits per heavy atom. The van der Waals surface area contributed by atoms with Gasteiger partial charge >= 0.3 is 6.09 Å². The van der Waals surface area contributed by atoms with Crippen LogP contribution in [0.2, 0.25) is 0 Å². The number of hydrogen-bond acceptors (Lipinski definition) is 4. The zero-order valence-corrected chi connectivity index (χ0v) is 10.2. The minimum Gasteiger partial charge on any atom is -0.444 e. The van der Waals surface area contributed by atoms with Gasteiger partial charge in [-0.3, -0.25) is 4.79 Å². The van der Waals surface area contributed by atoms with Crippen molar-refractivity contribution in [2.75, 3.05) is 6.54 Å². The predicted octanol–water partition coefficient (Wildman–Crippen LogP) is 1.26. The van der Waals surface area contributed by atoms with E-state index in [2.05, 4.69) is 5.16 Å². The highest BCUT2D eigenvalue weighted by Crippen LogP contribution is 2.18. The van der Waals surface area contributed by atoms with Crippen LogP contribution in [0.3, 0.4) is 0 Å². The Morgan fingerprint density at radius 3 is 2.82 bits per heavy atom. The Bertz CT molecular complexity index is 480. The van der Waals surface area contributed by atoms with Crippen molar-refractivity contribution in [2.45, 2.75) is 39.3 Å². The van der Waals surface area contributed by atoms with Gasteiger partial charge in [0, 0.05) is 13.0 Å². The third kappa shape index (κ3) is 2.51. The van der Waals surface area contributed by atoms with E-state index in [0.717, 1.165) is 0 Å². The van der Waals surface area contributed by atoms with Gasteiger partial charge in [0.15, 0.2) is 0 Å². The van der Waals surface area contributed by atoms with Crippen molar-refractivity contribution in [1.82, 2.24) is 10.1 Å². The third-order valence-corrected chi connectivity index (χ3v) is 2.49. The van der Waals surface area contributed by atoms with E-state index in [9.17, 15) is 9.59 Å². The SMILES string of the molecule is CC(C)(C)OC(=O)N1CCc2o[nH]c(=O)c2C1. The zero-order chi connectivity index (χ0) is 12.6. The number of ether oxygens (including phenoxy) is 1. The summed E-state index contributed by atoms with van der Waals surface area (Å²) in [6, 6.07) is 0. The number of rotatable bonds is 0. The molecule has 1 aromatic heterocycles. The Hall–Kier alpha value is -1.72. The van der Waals surface area contributed by atoms with Gasteiger partial charge in [-0.05, 0) is 20.8 Å². The summed E-state index contributed by atoms with van der Waals surface area (Å²) in [5.74, 6) is 0.634. The van der Waals surface area contributed by atoms with Crippen LogP contribution in [0, 0.1) is 0 Å². The molecular formula is C11H16N2O4.